The first-order valence-corrected chi connectivity index (χ1v) is 6.41. The Balaban J connectivity index is 2.14. The van der Waals surface area contributed by atoms with Crippen molar-refractivity contribution in [2.75, 3.05) is 0 Å². The van der Waals surface area contributed by atoms with E-state index < -0.39 is 5.97 Å². The van der Waals surface area contributed by atoms with E-state index in [0.29, 0.717) is 5.01 Å². The van der Waals surface area contributed by atoms with E-state index in [4.69, 9.17) is 11.5 Å². The largest absolute Gasteiger partial charge is 0.481 e. The maximum atomic E-state index is 10.3. The monoisotopic (exact) mass is 249 g/mol. The summed E-state index contributed by atoms with van der Waals surface area (Å²) in [7, 11) is 0. The number of carboxylic acid groups (broad SMARTS) is 1. The van der Waals surface area contributed by atoms with Gasteiger partial charge in [0, 0.05) is 11.8 Å². The minimum Gasteiger partial charge on any atom is -0.481 e. The Morgan fingerprint density at radius 2 is 2.35 bits per heavy atom. The molecule has 90 valence electrons. The standard InChI is InChI=1S/C13H15NO2S/c1-2-12-14-11(10-17-12)8-6-4-3-5-7-9-13(15)16/h1,6,8,10H,3-5,7,9H2,(H,15,16)/b8-6+. The zero-order valence-corrected chi connectivity index (χ0v) is 10.4. The van der Waals surface area contributed by atoms with Crippen molar-refractivity contribution in [3.63, 3.8) is 0 Å². The molecule has 17 heavy (non-hydrogen) atoms. The number of allylic oxidation sites excluding steroid dienone is 1. The lowest BCUT2D eigenvalue weighted by atomic mass is 10.1. The number of aromatic nitrogens is 1. The SMILES string of the molecule is C#Cc1nc(/C=C/CCCCCC(=O)O)cs1. The summed E-state index contributed by atoms with van der Waals surface area (Å²) in [4.78, 5) is 14.5. The van der Waals surface area contributed by atoms with Gasteiger partial charge in [-0.1, -0.05) is 12.5 Å². The fourth-order valence-electron chi connectivity index (χ4n) is 1.35. The predicted molar refractivity (Wildman–Crippen MR) is 69.8 cm³/mol. The summed E-state index contributed by atoms with van der Waals surface area (Å²) in [6.45, 7) is 0. The maximum absolute atomic E-state index is 10.3. The van der Waals surface area contributed by atoms with Gasteiger partial charge in [0.05, 0.1) is 5.69 Å². The lowest BCUT2D eigenvalue weighted by molar-refractivity contribution is -0.137. The normalized spacial score (nSPS) is 10.5. The third-order valence-electron chi connectivity index (χ3n) is 2.20. The Labute approximate surface area is 105 Å². The highest BCUT2D eigenvalue weighted by Gasteiger charge is 1.96. The van der Waals surface area contributed by atoms with Crippen LogP contribution in [0.5, 0.6) is 0 Å². The van der Waals surface area contributed by atoms with Crippen molar-refractivity contribution < 1.29 is 9.90 Å². The number of nitrogens with zero attached hydrogens (tertiary/aromatic N) is 1. The van der Waals surface area contributed by atoms with Gasteiger partial charge in [-0.2, -0.15) is 0 Å². The second kappa shape index (κ2) is 7.64. The number of carboxylic acids is 1. The van der Waals surface area contributed by atoms with Crippen molar-refractivity contribution in [3.05, 3.63) is 22.2 Å². The fourth-order valence-corrected chi connectivity index (χ4v) is 1.94. The average Bonchev–Trinajstić information content (AvgIpc) is 2.75. The van der Waals surface area contributed by atoms with Gasteiger partial charge in [-0.3, -0.25) is 4.79 Å². The first-order chi connectivity index (χ1) is 8.22. The number of hydrogen-bond acceptors (Lipinski definition) is 3. The van der Waals surface area contributed by atoms with Crippen LogP contribution in [0.15, 0.2) is 11.5 Å². The number of hydrogen-bond donors (Lipinski definition) is 1. The van der Waals surface area contributed by atoms with E-state index in [1.54, 1.807) is 0 Å². The second-order valence-electron chi connectivity index (χ2n) is 3.62. The first-order valence-electron chi connectivity index (χ1n) is 5.53. The van der Waals surface area contributed by atoms with Crippen molar-refractivity contribution in [2.45, 2.75) is 32.1 Å². The molecule has 0 radical (unpaired) electrons. The Morgan fingerprint density at radius 3 is 3.00 bits per heavy atom. The summed E-state index contributed by atoms with van der Waals surface area (Å²) >= 11 is 1.46. The molecule has 0 unspecified atom stereocenters. The number of thiazole rings is 1. The van der Waals surface area contributed by atoms with Gasteiger partial charge < -0.3 is 5.11 Å². The summed E-state index contributed by atoms with van der Waals surface area (Å²) in [6.07, 6.45) is 13.1. The van der Waals surface area contributed by atoms with Crippen molar-refractivity contribution in [3.8, 4) is 12.3 Å². The molecular weight excluding hydrogens is 234 g/mol. The molecule has 1 aromatic heterocycles. The van der Waals surface area contributed by atoms with Crippen LogP contribution in [-0.2, 0) is 4.79 Å². The van der Waals surface area contributed by atoms with Crippen LogP contribution in [0.3, 0.4) is 0 Å². The molecule has 0 aliphatic rings. The molecule has 1 aromatic rings. The Morgan fingerprint density at radius 1 is 1.53 bits per heavy atom. The average molecular weight is 249 g/mol. The summed E-state index contributed by atoms with van der Waals surface area (Å²) in [5.41, 5.74) is 0.897. The van der Waals surface area contributed by atoms with Gasteiger partial charge in [0.15, 0.2) is 5.01 Å². The van der Waals surface area contributed by atoms with Crippen LogP contribution < -0.4 is 0 Å². The van der Waals surface area contributed by atoms with Gasteiger partial charge in [0.25, 0.3) is 0 Å². The molecular formula is C13H15NO2S. The minimum atomic E-state index is -0.718. The van der Waals surface area contributed by atoms with E-state index in [0.717, 1.165) is 31.4 Å². The fraction of sp³-hybridized carbons (Fsp3) is 0.385. The molecule has 0 aromatic carbocycles. The first kappa shape index (κ1) is 13.5. The van der Waals surface area contributed by atoms with Crippen LogP contribution in [0.2, 0.25) is 0 Å². The second-order valence-corrected chi connectivity index (χ2v) is 4.48. The van der Waals surface area contributed by atoms with Crippen LogP contribution in [0, 0.1) is 12.3 Å². The number of carbonyl (C=O) groups is 1. The zero-order chi connectivity index (χ0) is 12.5. The quantitative estimate of drug-likeness (QED) is 0.596. The van der Waals surface area contributed by atoms with E-state index >= 15 is 0 Å². The molecule has 0 bridgehead atoms. The van der Waals surface area contributed by atoms with Gasteiger partial charge >= 0.3 is 5.97 Å². The Bertz CT molecular complexity index is 429. The third kappa shape index (κ3) is 5.88. The lowest BCUT2D eigenvalue weighted by Gasteiger charge is -1.94. The Kier molecular flexibility index (Phi) is 6.05. The number of unbranched alkanes of at least 4 members (excludes halogenated alkanes) is 3. The van der Waals surface area contributed by atoms with Crippen LogP contribution in [0.4, 0.5) is 0 Å². The molecule has 4 heteroatoms. The van der Waals surface area contributed by atoms with Crippen molar-refractivity contribution in [1.82, 2.24) is 4.98 Å². The molecule has 0 spiro atoms. The highest BCUT2D eigenvalue weighted by molar-refractivity contribution is 7.10. The van der Waals surface area contributed by atoms with Gasteiger partial charge in [0.2, 0.25) is 0 Å². The zero-order valence-electron chi connectivity index (χ0n) is 9.56. The molecule has 1 rings (SSSR count). The van der Waals surface area contributed by atoms with Gasteiger partial charge in [-0.15, -0.1) is 17.8 Å². The van der Waals surface area contributed by atoms with E-state index in [1.165, 1.54) is 11.3 Å². The Hall–Kier alpha value is -1.60. The summed E-state index contributed by atoms with van der Waals surface area (Å²) < 4.78 is 0. The van der Waals surface area contributed by atoms with E-state index in [1.807, 2.05) is 11.5 Å². The topological polar surface area (TPSA) is 50.2 Å². The van der Waals surface area contributed by atoms with Crippen LogP contribution in [0.25, 0.3) is 6.08 Å². The van der Waals surface area contributed by atoms with Crippen molar-refractivity contribution in [2.24, 2.45) is 0 Å². The van der Waals surface area contributed by atoms with E-state index in [-0.39, 0.29) is 6.42 Å². The summed E-state index contributed by atoms with van der Waals surface area (Å²) in [6, 6.07) is 0. The van der Waals surface area contributed by atoms with Crippen LogP contribution in [-0.4, -0.2) is 16.1 Å². The van der Waals surface area contributed by atoms with Crippen LogP contribution >= 0.6 is 11.3 Å². The van der Waals surface area contributed by atoms with Gasteiger partial charge in [-0.25, -0.2) is 4.98 Å². The number of terminal acetylenes is 1. The highest BCUT2D eigenvalue weighted by Crippen LogP contribution is 2.11. The summed E-state index contributed by atoms with van der Waals surface area (Å²) in [5, 5.41) is 11.1. The summed E-state index contributed by atoms with van der Waals surface area (Å²) in [5.74, 6) is 1.78. The number of rotatable bonds is 7. The van der Waals surface area contributed by atoms with E-state index in [9.17, 15) is 4.79 Å². The predicted octanol–water partition coefficient (Wildman–Crippen LogP) is 3.17. The molecule has 0 atom stereocenters. The molecule has 0 aliphatic heterocycles. The van der Waals surface area contributed by atoms with Gasteiger partial charge in [-0.05, 0) is 31.3 Å². The van der Waals surface area contributed by atoms with E-state index in [2.05, 4.69) is 17.0 Å². The van der Waals surface area contributed by atoms with Crippen molar-refractivity contribution >= 4 is 23.4 Å². The molecule has 3 nitrogen and oxygen atoms in total. The van der Waals surface area contributed by atoms with Gasteiger partial charge in [0.1, 0.15) is 0 Å². The molecule has 1 heterocycles. The molecule has 0 saturated heterocycles. The van der Waals surface area contributed by atoms with Crippen LogP contribution in [0.1, 0.15) is 42.8 Å². The molecule has 0 amide bonds. The molecule has 1 N–H and O–H groups in total. The lowest BCUT2D eigenvalue weighted by Crippen LogP contribution is -1.93. The van der Waals surface area contributed by atoms with Crippen molar-refractivity contribution in [1.29, 1.82) is 0 Å². The molecule has 0 saturated carbocycles. The third-order valence-corrected chi connectivity index (χ3v) is 2.99. The maximum Gasteiger partial charge on any atom is 0.303 e. The smallest absolute Gasteiger partial charge is 0.303 e. The number of aliphatic carboxylic acids is 1. The highest BCUT2D eigenvalue weighted by atomic mass is 32.1. The molecule has 0 aliphatic carbocycles. The minimum absolute atomic E-state index is 0.265. The molecule has 0 fully saturated rings.